The molecule has 0 spiro atoms. The van der Waals surface area contributed by atoms with Crippen LogP contribution in [0.15, 0.2) is 24.3 Å². The Hall–Kier alpha value is -2.87. The quantitative estimate of drug-likeness (QED) is 0.260. The van der Waals surface area contributed by atoms with Crippen molar-refractivity contribution in [3.05, 3.63) is 29.8 Å². The summed E-state index contributed by atoms with van der Waals surface area (Å²) in [6.07, 6.45) is 3.88. The van der Waals surface area contributed by atoms with Gasteiger partial charge in [-0.25, -0.2) is 0 Å². The molecule has 0 aromatic heterocycles. The maximum atomic E-state index is 11.9. The summed E-state index contributed by atoms with van der Waals surface area (Å²) < 4.78 is 5.10. The van der Waals surface area contributed by atoms with Gasteiger partial charge in [0.1, 0.15) is 31.1 Å². The maximum absolute atomic E-state index is 11.9. The average Bonchev–Trinajstić information content (AvgIpc) is 2.64. The third kappa shape index (κ3) is 12.2. The molecule has 29 heavy (non-hydrogen) atoms. The first kappa shape index (κ1) is 24.2. The third-order valence-corrected chi connectivity index (χ3v) is 3.85. The SMILES string of the molecule is CC(=O)CC(=O)Cc1cccc(NC(=O)COCC(=O)NCCCCCC=O)c1. The highest BCUT2D eigenvalue weighted by Crippen LogP contribution is 2.12. The van der Waals surface area contributed by atoms with E-state index in [1.807, 2.05) is 0 Å². The highest BCUT2D eigenvalue weighted by molar-refractivity contribution is 5.99. The number of unbranched alkanes of at least 4 members (excludes halogenated alkanes) is 3. The number of carbonyl (C=O) groups excluding carboxylic acids is 5. The van der Waals surface area contributed by atoms with E-state index in [2.05, 4.69) is 10.6 Å². The van der Waals surface area contributed by atoms with Gasteiger partial charge in [0, 0.05) is 25.1 Å². The number of aldehydes is 1. The summed E-state index contributed by atoms with van der Waals surface area (Å²) in [6, 6.07) is 6.78. The number of Topliss-reactive ketones (excluding diaryl/α,β-unsaturated/α-hetero) is 2. The van der Waals surface area contributed by atoms with E-state index in [9.17, 15) is 24.0 Å². The first-order valence-electron chi connectivity index (χ1n) is 9.58. The van der Waals surface area contributed by atoms with Crippen molar-refractivity contribution in [2.24, 2.45) is 0 Å². The lowest BCUT2D eigenvalue weighted by molar-refractivity contribution is -0.129. The summed E-state index contributed by atoms with van der Waals surface area (Å²) in [5, 5.41) is 5.32. The van der Waals surface area contributed by atoms with Crippen LogP contribution in [0, 0.1) is 0 Å². The van der Waals surface area contributed by atoms with Gasteiger partial charge in [-0.1, -0.05) is 18.6 Å². The molecule has 1 aromatic carbocycles. The molecule has 0 bridgehead atoms. The standard InChI is InChI=1S/C21H28N2O6/c1-16(25)11-19(26)13-17-7-6-8-18(12-17)23-21(28)15-29-14-20(27)22-9-4-2-3-5-10-24/h6-8,10,12H,2-5,9,11,13-15H2,1H3,(H,22,27)(H,23,28). The maximum Gasteiger partial charge on any atom is 0.250 e. The van der Waals surface area contributed by atoms with E-state index in [4.69, 9.17) is 4.74 Å². The second kappa shape index (κ2) is 14.2. The number of amides is 2. The number of anilines is 1. The Kier molecular flexibility index (Phi) is 11.8. The van der Waals surface area contributed by atoms with Crippen LogP contribution < -0.4 is 10.6 Å². The molecule has 0 fully saturated rings. The van der Waals surface area contributed by atoms with E-state index in [-0.39, 0.29) is 43.5 Å². The van der Waals surface area contributed by atoms with Crippen molar-refractivity contribution in [3.8, 4) is 0 Å². The van der Waals surface area contributed by atoms with Crippen LogP contribution in [0.25, 0.3) is 0 Å². The fourth-order valence-electron chi connectivity index (χ4n) is 2.57. The molecule has 0 saturated heterocycles. The van der Waals surface area contributed by atoms with Crippen molar-refractivity contribution in [2.75, 3.05) is 25.1 Å². The van der Waals surface area contributed by atoms with Gasteiger partial charge in [0.25, 0.3) is 0 Å². The molecule has 158 valence electrons. The molecule has 0 saturated carbocycles. The molecule has 0 unspecified atom stereocenters. The lowest BCUT2D eigenvalue weighted by Crippen LogP contribution is -2.30. The number of nitrogens with one attached hydrogen (secondary N) is 2. The zero-order valence-electron chi connectivity index (χ0n) is 16.7. The van der Waals surface area contributed by atoms with Gasteiger partial charge in [0.15, 0.2) is 0 Å². The monoisotopic (exact) mass is 404 g/mol. The number of hydrogen-bond donors (Lipinski definition) is 2. The van der Waals surface area contributed by atoms with Gasteiger partial charge < -0.3 is 20.2 Å². The first-order chi connectivity index (χ1) is 13.9. The van der Waals surface area contributed by atoms with Gasteiger partial charge in [0.2, 0.25) is 11.8 Å². The van der Waals surface area contributed by atoms with E-state index in [0.717, 1.165) is 25.5 Å². The number of hydrogen-bond acceptors (Lipinski definition) is 6. The molecule has 0 aliphatic carbocycles. The van der Waals surface area contributed by atoms with E-state index >= 15 is 0 Å². The Morgan fingerprint density at radius 3 is 2.52 bits per heavy atom. The van der Waals surface area contributed by atoms with Crippen LogP contribution >= 0.6 is 0 Å². The molecule has 0 radical (unpaired) electrons. The van der Waals surface area contributed by atoms with Crippen molar-refractivity contribution in [1.82, 2.24) is 5.32 Å². The second-order valence-electron chi connectivity index (χ2n) is 6.70. The highest BCUT2D eigenvalue weighted by Gasteiger charge is 2.09. The van der Waals surface area contributed by atoms with Crippen molar-refractivity contribution < 1.29 is 28.7 Å². The van der Waals surface area contributed by atoms with Gasteiger partial charge in [-0.2, -0.15) is 0 Å². The number of benzene rings is 1. The molecule has 8 heteroatoms. The number of ether oxygens (including phenoxy) is 1. The second-order valence-corrected chi connectivity index (χ2v) is 6.70. The zero-order chi connectivity index (χ0) is 21.5. The minimum absolute atomic E-state index is 0.106. The van der Waals surface area contributed by atoms with E-state index in [0.29, 0.717) is 24.2 Å². The predicted octanol–water partition coefficient (Wildman–Crippen LogP) is 1.61. The Morgan fingerprint density at radius 2 is 1.79 bits per heavy atom. The fourth-order valence-corrected chi connectivity index (χ4v) is 2.57. The molecule has 0 aliphatic rings. The molecule has 1 rings (SSSR count). The van der Waals surface area contributed by atoms with Gasteiger partial charge in [0.05, 0.1) is 6.42 Å². The largest absolute Gasteiger partial charge is 0.362 e. The average molecular weight is 404 g/mol. The molecular weight excluding hydrogens is 376 g/mol. The minimum Gasteiger partial charge on any atom is -0.362 e. The normalized spacial score (nSPS) is 10.2. The van der Waals surface area contributed by atoms with Crippen LogP contribution in [0.4, 0.5) is 5.69 Å². The summed E-state index contributed by atoms with van der Waals surface area (Å²) in [6.45, 7) is 1.37. The van der Waals surface area contributed by atoms with Crippen LogP contribution in [0.3, 0.4) is 0 Å². The molecular formula is C21H28N2O6. The Labute approximate surface area is 170 Å². The first-order valence-corrected chi connectivity index (χ1v) is 9.58. The summed E-state index contributed by atoms with van der Waals surface area (Å²) in [4.78, 5) is 56.4. The molecule has 1 aromatic rings. The summed E-state index contributed by atoms with van der Waals surface area (Å²) in [7, 11) is 0. The van der Waals surface area contributed by atoms with Crippen molar-refractivity contribution in [2.45, 2.75) is 45.4 Å². The predicted molar refractivity (Wildman–Crippen MR) is 107 cm³/mol. The number of ketones is 2. The van der Waals surface area contributed by atoms with E-state index in [1.165, 1.54) is 6.92 Å². The molecule has 0 aliphatic heterocycles. The molecule has 0 heterocycles. The number of rotatable bonds is 15. The van der Waals surface area contributed by atoms with Gasteiger partial charge in [-0.05, 0) is 37.5 Å². The van der Waals surface area contributed by atoms with Crippen LogP contribution in [0.2, 0.25) is 0 Å². The Balaban J connectivity index is 2.26. The van der Waals surface area contributed by atoms with Gasteiger partial charge in [-0.15, -0.1) is 0 Å². The summed E-state index contributed by atoms with van der Waals surface area (Å²) in [5.74, 6) is -1.09. The van der Waals surface area contributed by atoms with E-state index < -0.39 is 5.91 Å². The van der Waals surface area contributed by atoms with Crippen molar-refractivity contribution in [1.29, 1.82) is 0 Å². The van der Waals surface area contributed by atoms with E-state index in [1.54, 1.807) is 24.3 Å². The lowest BCUT2D eigenvalue weighted by atomic mass is 10.1. The molecule has 2 N–H and O–H groups in total. The minimum atomic E-state index is -0.418. The summed E-state index contributed by atoms with van der Waals surface area (Å²) in [5.41, 5.74) is 1.20. The van der Waals surface area contributed by atoms with Crippen molar-refractivity contribution in [3.63, 3.8) is 0 Å². The summed E-state index contributed by atoms with van der Waals surface area (Å²) >= 11 is 0. The molecule has 8 nitrogen and oxygen atoms in total. The van der Waals surface area contributed by atoms with Crippen LogP contribution in [-0.4, -0.2) is 49.4 Å². The smallest absolute Gasteiger partial charge is 0.250 e. The third-order valence-electron chi connectivity index (χ3n) is 3.85. The lowest BCUT2D eigenvalue weighted by Gasteiger charge is -2.08. The van der Waals surface area contributed by atoms with Crippen LogP contribution in [0.1, 0.15) is 44.6 Å². The number of carbonyl (C=O) groups is 5. The van der Waals surface area contributed by atoms with Gasteiger partial charge in [-0.3, -0.25) is 19.2 Å². The molecule has 0 atom stereocenters. The van der Waals surface area contributed by atoms with Crippen LogP contribution in [0.5, 0.6) is 0 Å². The topological polar surface area (TPSA) is 119 Å². The van der Waals surface area contributed by atoms with Gasteiger partial charge >= 0.3 is 0 Å². The molecule has 2 amide bonds. The fraction of sp³-hybridized carbons (Fsp3) is 0.476. The zero-order valence-corrected chi connectivity index (χ0v) is 16.7. The highest BCUT2D eigenvalue weighted by atomic mass is 16.5. The Bertz CT molecular complexity index is 717. The van der Waals surface area contributed by atoms with Crippen molar-refractivity contribution >= 4 is 35.4 Å². The van der Waals surface area contributed by atoms with Crippen LogP contribution in [-0.2, 0) is 35.1 Å². The Morgan fingerprint density at radius 1 is 1.03 bits per heavy atom.